The lowest BCUT2D eigenvalue weighted by atomic mass is 9.80. The van der Waals surface area contributed by atoms with Gasteiger partial charge in [0.15, 0.2) is 0 Å². The maximum absolute atomic E-state index is 6.41. The Morgan fingerprint density at radius 3 is 1.61 bits per heavy atom. The van der Waals surface area contributed by atoms with Gasteiger partial charge in [0.05, 0.1) is 0 Å². The van der Waals surface area contributed by atoms with E-state index in [-0.39, 0.29) is 5.41 Å². The highest BCUT2D eigenvalue weighted by atomic mass is 16.3. The molecule has 12 rings (SSSR count). The maximum Gasteiger partial charge on any atom is 0.136 e. The van der Waals surface area contributed by atoms with Crippen LogP contribution in [0.1, 0.15) is 25.0 Å². The highest BCUT2D eigenvalue weighted by molar-refractivity contribution is 6.26. The van der Waals surface area contributed by atoms with E-state index in [0.29, 0.717) is 0 Å². The van der Waals surface area contributed by atoms with Gasteiger partial charge in [0, 0.05) is 21.6 Å². The van der Waals surface area contributed by atoms with Crippen molar-refractivity contribution in [3.8, 4) is 44.5 Å². The summed E-state index contributed by atoms with van der Waals surface area (Å²) in [4.78, 5) is 0. The monoisotopic (exact) mass is 712 g/mol. The summed E-state index contributed by atoms with van der Waals surface area (Å²) in [7, 11) is 0. The van der Waals surface area contributed by atoms with E-state index in [2.05, 4.69) is 196 Å². The fourth-order valence-electron chi connectivity index (χ4n) is 10.1. The number of rotatable bonds is 3. The highest BCUT2D eigenvalue weighted by Crippen LogP contribution is 2.55. The Kier molecular flexibility index (Phi) is 6.46. The minimum absolute atomic E-state index is 0.193. The molecule has 0 saturated carbocycles. The third-order valence-corrected chi connectivity index (χ3v) is 12.7. The maximum atomic E-state index is 6.41. The summed E-state index contributed by atoms with van der Waals surface area (Å²) >= 11 is 0. The van der Waals surface area contributed by atoms with Gasteiger partial charge in [-0.05, 0) is 112 Å². The Labute approximate surface area is 325 Å². The summed E-state index contributed by atoms with van der Waals surface area (Å²) in [6, 6.07) is 67.1. The summed E-state index contributed by atoms with van der Waals surface area (Å²) in [5.41, 5.74) is 14.6. The first-order valence-electron chi connectivity index (χ1n) is 19.6. The molecule has 0 unspecified atom stereocenters. The second kappa shape index (κ2) is 11.5. The quantitative estimate of drug-likeness (QED) is 0.166. The van der Waals surface area contributed by atoms with Crippen LogP contribution < -0.4 is 0 Å². The number of furan rings is 1. The van der Waals surface area contributed by atoms with E-state index >= 15 is 0 Å². The topological polar surface area (TPSA) is 13.1 Å². The molecule has 11 aromatic rings. The SMILES string of the molecule is CC1(C)c2cc(-c3c4ccccc4c(-c4ccc(-c5ccccc5)c5ccccc45)c4ccccc34)ccc2-c2c1ccc1ccc3oc4ccccc4c3c21. The number of hydrogen-bond acceptors (Lipinski definition) is 1. The molecular formula is C55H36O. The second-order valence-corrected chi connectivity index (χ2v) is 15.9. The van der Waals surface area contributed by atoms with Crippen LogP contribution in [0.4, 0.5) is 0 Å². The Balaban J connectivity index is 1.12. The predicted octanol–water partition coefficient (Wildman–Crippen LogP) is 15.5. The summed E-state index contributed by atoms with van der Waals surface area (Å²) in [6.45, 7) is 4.79. The van der Waals surface area contributed by atoms with Gasteiger partial charge in [-0.1, -0.05) is 178 Å². The zero-order valence-corrected chi connectivity index (χ0v) is 31.2. The van der Waals surface area contributed by atoms with Crippen molar-refractivity contribution in [2.75, 3.05) is 0 Å². The Morgan fingerprint density at radius 1 is 0.339 bits per heavy atom. The van der Waals surface area contributed by atoms with Gasteiger partial charge in [0.2, 0.25) is 0 Å². The molecule has 0 spiro atoms. The van der Waals surface area contributed by atoms with E-state index in [9.17, 15) is 0 Å². The Hall–Kier alpha value is -6.96. The van der Waals surface area contributed by atoms with E-state index in [4.69, 9.17) is 4.42 Å². The lowest BCUT2D eigenvalue weighted by Gasteiger charge is -2.23. The molecule has 0 bridgehead atoms. The van der Waals surface area contributed by atoms with Crippen molar-refractivity contribution >= 4 is 65.0 Å². The van der Waals surface area contributed by atoms with E-state index in [0.717, 1.165) is 11.2 Å². The van der Waals surface area contributed by atoms with Crippen molar-refractivity contribution in [2.24, 2.45) is 0 Å². The molecule has 0 N–H and O–H groups in total. The van der Waals surface area contributed by atoms with Gasteiger partial charge in [-0.15, -0.1) is 0 Å². The second-order valence-electron chi connectivity index (χ2n) is 15.9. The van der Waals surface area contributed by atoms with Crippen LogP contribution in [0, 0.1) is 0 Å². The van der Waals surface area contributed by atoms with Gasteiger partial charge in [0.25, 0.3) is 0 Å². The molecular weight excluding hydrogens is 677 g/mol. The molecule has 0 saturated heterocycles. The molecule has 1 heteroatoms. The summed E-state index contributed by atoms with van der Waals surface area (Å²) < 4.78 is 6.41. The van der Waals surface area contributed by atoms with Crippen molar-refractivity contribution in [3.05, 3.63) is 193 Å². The van der Waals surface area contributed by atoms with Crippen LogP contribution in [-0.4, -0.2) is 0 Å². The number of para-hydroxylation sites is 1. The Morgan fingerprint density at radius 2 is 0.893 bits per heavy atom. The molecule has 56 heavy (non-hydrogen) atoms. The summed E-state index contributed by atoms with van der Waals surface area (Å²) in [6.07, 6.45) is 0. The molecule has 0 fully saturated rings. The molecule has 0 radical (unpaired) electrons. The zero-order valence-electron chi connectivity index (χ0n) is 31.2. The van der Waals surface area contributed by atoms with Gasteiger partial charge < -0.3 is 4.42 Å². The van der Waals surface area contributed by atoms with Crippen LogP contribution in [0.3, 0.4) is 0 Å². The standard InChI is InChI=1S/C55H36O/c1-55(2)46-30-25-34-26-31-49-54(45-22-12-13-23-48(45)56-49)51(34)53(46)44-27-24-35(32-47(44)55)50-39-18-8-10-20-41(39)52(42-21-11-9-19-40(42)50)43-29-28-36(33-14-4-3-5-15-33)37-16-6-7-17-38(37)43/h3-32H,1-2H3. The first-order valence-corrected chi connectivity index (χ1v) is 19.6. The molecule has 1 aliphatic carbocycles. The lowest BCUT2D eigenvalue weighted by molar-refractivity contribution is 0.661. The van der Waals surface area contributed by atoms with Crippen molar-refractivity contribution < 1.29 is 4.42 Å². The van der Waals surface area contributed by atoms with Gasteiger partial charge in [-0.25, -0.2) is 0 Å². The third-order valence-electron chi connectivity index (χ3n) is 12.7. The fraction of sp³-hybridized carbons (Fsp3) is 0.0545. The molecule has 0 amide bonds. The van der Waals surface area contributed by atoms with Gasteiger partial charge >= 0.3 is 0 Å². The lowest BCUT2D eigenvalue weighted by Crippen LogP contribution is -2.15. The van der Waals surface area contributed by atoms with Crippen LogP contribution in [-0.2, 0) is 5.41 Å². The minimum Gasteiger partial charge on any atom is -0.456 e. The smallest absolute Gasteiger partial charge is 0.136 e. The first kappa shape index (κ1) is 31.4. The van der Waals surface area contributed by atoms with Crippen LogP contribution in [0.2, 0.25) is 0 Å². The number of benzene rings is 10. The van der Waals surface area contributed by atoms with Gasteiger partial charge in [-0.3, -0.25) is 0 Å². The fourth-order valence-corrected chi connectivity index (χ4v) is 10.1. The largest absolute Gasteiger partial charge is 0.456 e. The highest BCUT2D eigenvalue weighted by Gasteiger charge is 2.37. The van der Waals surface area contributed by atoms with E-state index in [1.165, 1.54) is 109 Å². The van der Waals surface area contributed by atoms with Crippen molar-refractivity contribution in [3.63, 3.8) is 0 Å². The van der Waals surface area contributed by atoms with Gasteiger partial charge in [0.1, 0.15) is 11.2 Å². The number of fused-ring (bicyclic) bond motifs is 12. The molecule has 0 atom stereocenters. The van der Waals surface area contributed by atoms with Crippen molar-refractivity contribution in [1.29, 1.82) is 0 Å². The molecule has 1 nitrogen and oxygen atoms in total. The molecule has 1 aromatic heterocycles. The molecule has 1 heterocycles. The molecule has 10 aromatic carbocycles. The van der Waals surface area contributed by atoms with Crippen LogP contribution in [0.25, 0.3) is 110 Å². The van der Waals surface area contributed by atoms with Crippen LogP contribution in [0.5, 0.6) is 0 Å². The molecule has 1 aliphatic rings. The normalized spacial score (nSPS) is 13.3. The first-order chi connectivity index (χ1) is 27.6. The van der Waals surface area contributed by atoms with E-state index in [1.807, 2.05) is 0 Å². The van der Waals surface area contributed by atoms with Crippen molar-refractivity contribution in [2.45, 2.75) is 19.3 Å². The molecule has 262 valence electrons. The average molecular weight is 713 g/mol. The Bertz CT molecular complexity index is 3380. The van der Waals surface area contributed by atoms with Crippen molar-refractivity contribution in [1.82, 2.24) is 0 Å². The van der Waals surface area contributed by atoms with Crippen LogP contribution in [0.15, 0.2) is 186 Å². The summed E-state index contributed by atoms with van der Waals surface area (Å²) in [5, 5.41) is 12.5. The van der Waals surface area contributed by atoms with Crippen LogP contribution >= 0.6 is 0 Å². The van der Waals surface area contributed by atoms with E-state index in [1.54, 1.807) is 0 Å². The minimum atomic E-state index is -0.193. The number of hydrogen-bond donors (Lipinski definition) is 0. The average Bonchev–Trinajstić information content (AvgIpc) is 3.74. The van der Waals surface area contributed by atoms with Gasteiger partial charge in [-0.2, -0.15) is 0 Å². The molecule has 0 aliphatic heterocycles. The summed E-state index contributed by atoms with van der Waals surface area (Å²) in [5.74, 6) is 0. The predicted molar refractivity (Wildman–Crippen MR) is 238 cm³/mol. The van der Waals surface area contributed by atoms with E-state index < -0.39 is 0 Å². The third kappa shape index (κ3) is 4.26. The zero-order chi connectivity index (χ0) is 37.1.